The van der Waals surface area contributed by atoms with E-state index in [2.05, 4.69) is 24.3 Å². The standard InChI is InChI=1S/C26H24O4/c1-29-26(28)19(15-18-9-3-2-4-10-18)16-25(27)30-17-24-22-13-7-5-11-20(22)21-12-6-8-14-23(21)24/h2-14,19,24H,15-17H2,1H3/t19-/m1/s1. The van der Waals surface area contributed by atoms with Gasteiger partial charge in [0.15, 0.2) is 0 Å². The molecule has 0 radical (unpaired) electrons. The lowest BCUT2D eigenvalue weighted by molar-refractivity contribution is -0.153. The molecule has 4 heteroatoms. The summed E-state index contributed by atoms with van der Waals surface area (Å²) in [5.74, 6) is -1.34. The first-order valence-corrected chi connectivity index (χ1v) is 10.1. The summed E-state index contributed by atoms with van der Waals surface area (Å²) in [5.41, 5.74) is 5.69. The van der Waals surface area contributed by atoms with Gasteiger partial charge in [0.05, 0.1) is 19.4 Å². The number of methoxy groups -OCH3 is 1. The minimum absolute atomic E-state index is 0.00240. The second-order valence-corrected chi connectivity index (χ2v) is 7.52. The lowest BCUT2D eigenvalue weighted by Crippen LogP contribution is -2.24. The number of rotatable bonds is 7. The molecule has 0 saturated heterocycles. The van der Waals surface area contributed by atoms with Gasteiger partial charge in [-0.1, -0.05) is 78.9 Å². The van der Waals surface area contributed by atoms with Crippen molar-refractivity contribution in [2.24, 2.45) is 5.92 Å². The third kappa shape index (κ3) is 4.13. The smallest absolute Gasteiger partial charge is 0.309 e. The van der Waals surface area contributed by atoms with E-state index in [4.69, 9.17) is 9.47 Å². The van der Waals surface area contributed by atoms with Crippen LogP contribution in [-0.4, -0.2) is 25.7 Å². The second-order valence-electron chi connectivity index (χ2n) is 7.52. The number of fused-ring (bicyclic) bond motifs is 3. The van der Waals surface area contributed by atoms with Crippen LogP contribution in [0, 0.1) is 5.92 Å². The summed E-state index contributed by atoms with van der Waals surface area (Å²) in [7, 11) is 1.35. The number of ether oxygens (including phenoxy) is 2. The van der Waals surface area contributed by atoms with Crippen molar-refractivity contribution in [2.75, 3.05) is 13.7 Å². The maximum absolute atomic E-state index is 12.6. The van der Waals surface area contributed by atoms with Gasteiger partial charge in [-0.2, -0.15) is 0 Å². The Labute approximate surface area is 176 Å². The van der Waals surface area contributed by atoms with Gasteiger partial charge in [0, 0.05) is 5.92 Å². The Bertz CT molecular complexity index is 996. The minimum Gasteiger partial charge on any atom is -0.469 e. The number of hydrogen-bond donors (Lipinski definition) is 0. The molecule has 3 aromatic rings. The van der Waals surface area contributed by atoms with E-state index in [9.17, 15) is 9.59 Å². The van der Waals surface area contributed by atoms with E-state index in [1.807, 2.05) is 54.6 Å². The van der Waals surface area contributed by atoms with Gasteiger partial charge in [-0.3, -0.25) is 9.59 Å². The Morgan fingerprint density at radius 1 is 0.833 bits per heavy atom. The van der Waals surface area contributed by atoms with Crippen molar-refractivity contribution in [1.82, 2.24) is 0 Å². The molecule has 4 nitrogen and oxygen atoms in total. The summed E-state index contributed by atoms with van der Waals surface area (Å²) < 4.78 is 10.6. The van der Waals surface area contributed by atoms with E-state index in [1.165, 1.54) is 29.4 Å². The van der Waals surface area contributed by atoms with Crippen molar-refractivity contribution < 1.29 is 19.1 Å². The molecule has 0 spiro atoms. The number of hydrogen-bond acceptors (Lipinski definition) is 4. The highest BCUT2D eigenvalue weighted by Gasteiger charge is 2.30. The molecule has 30 heavy (non-hydrogen) atoms. The first kappa shape index (κ1) is 19.9. The van der Waals surface area contributed by atoms with E-state index >= 15 is 0 Å². The Morgan fingerprint density at radius 3 is 2.00 bits per heavy atom. The normalized spacial score (nSPS) is 13.2. The predicted molar refractivity (Wildman–Crippen MR) is 115 cm³/mol. The van der Waals surface area contributed by atoms with Gasteiger partial charge in [-0.15, -0.1) is 0 Å². The molecule has 0 aliphatic heterocycles. The largest absolute Gasteiger partial charge is 0.469 e. The van der Waals surface area contributed by atoms with E-state index in [0.29, 0.717) is 6.42 Å². The average Bonchev–Trinajstić information content (AvgIpc) is 3.11. The minimum atomic E-state index is -0.562. The summed E-state index contributed by atoms with van der Waals surface area (Å²) in [5, 5.41) is 0. The van der Waals surface area contributed by atoms with Crippen LogP contribution in [0.4, 0.5) is 0 Å². The number of esters is 2. The van der Waals surface area contributed by atoms with Crippen LogP contribution in [0.3, 0.4) is 0 Å². The van der Waals surface area contributed by atoms with Gasteiger partial charge in [-0.05, 0) is 34.2 Å². The third-order valence-electron chi connectivity index (χ3n) is 5.65. The van der Waals surface area contributed by atoms with Crippen LogP contribution in [-0.2, 0) is 25.5 Å². The van der Waals surface area contributed by atoms with Gasteiger partial charge in [0.1, 0.15) is 6.61 Å². The second kappa shape index (κ2) is 8.95. The molecule has 0 N–H and O–H groups in total. The molecular formula is C26H24O4. The molecule has 0 bridgehead atoms. The number of benzene rings is 3. The average molecular weight is 400 g/mol. The van der Waals surface area contributed by atoms with E-state index in [-0.39, 0.29) is 24.9 Å². The van der Waals surface area contributed by atoms with Crippen LogP contribution >= 0.6 is 0 Å². The zero-order valence-corrected chi connectivity index (χ0v) is 16.9. The van der Waals surface area contributed by atoms with E-state index in [1.54, 1.807) is 0 Å². The quantitative estimate of drug-likeness (QED) is 0.537. The van der Waals surface area contributed by atoms with E-state index in [0.717, 1.165) is 5.56 Å². The monoisotopic (exact) mass is 400 g/mol. The molecule has 1 aliphatic rings. The number of carbonyl (C=O) groups is 2. The number of carbonyl (C=O) groups excluding carboxylic acids is 2. The molecule has 0 heterocycles. The zero-order valence-electron chi connectivity index (χ0n) is 16.9. The Kier molecular flexibility index (Phi) is 5.94. The fourth-order valence-electron chi connectivity index (χ4n) is 4.18. The van der Waals surface area contributed by atoms with Crippen molar-refractivity contribution in [3.05, 3.63) is 95.6 Å². The van der Waals surface area contributed by atoms with Crippen LogP contribution in [0.5, 0.6) is 0 Å². The third-order valence-corrected chi connectivity index (χ3v) is 5.65. The Balaban J connectivity index is 1.44. The lowest BCUT2D eigenvalue weighted by Gasteiger charge is -2.17. The molecule has 0 fully saturated rings. The first-order valence-electron chi connectivity index (χ1n) is 10.1. The molecule has 152 valence electrons. The maximum atomic E-state index is 12.6. The molecule has 4 rings (SSSR count). The molecule has 0 aromatic heterocycles. The van der Waals surface area contributed by atoms with Crippen LogP contribution < -0.4 is 0 Å². The van der Waals surface area contributed by atoms with Crippen LogP contribution in [0.2, 0.25) is 0 Å². The van der Waals surface area contributed by atoms with E-state index < -0.39 is 11.9 Å². The Morgan fingerprint density at radius 2 is 1.40 bits per heavy atom. The topological polar surface area (TPSA) is 52.6 Å². The van der Waals surface area contributed by atoms with Gasteiger partial charge < -0.3 is 9.47 Å². The fourth-order valence-corrected chi connectivity index (χ4v) is 4.18. The van der Waals surface area contributed by atoms with Crippen LogP contribution in [0.25, 0.3) is 11.1 Å². The fraction of sp³-hybridized carbons (Fsp3) is 0.231. The summed E-state index contributed by atoms with van der Waals surface area (Å²) in [6, 6.07) is 26.0. The molecule has 0 amide bonds. The molecule has 0 saturated carbocycles. The highest BCUT2D eigenvalue weighted by molar-refractivity contribution is 5.81. The van der Waals surface area contributed by atoms with Crippen molar-refractivity contribution in [3.63, 3.8) is 0 Å². The molecule has 1 aliphatic carbocycles. The van der Waals surface area contributed by atoms with Crippen molar-refractivity contribution >= 4 is 11.9 Å². The summed E-state index contributed by atoms with van der Waals surface area (Å²) in [4.78, 5) is 24.8. The SMILES string of the molecule is COC(=O)[C@@H](CC(=O)OCC1c2ccccc2-c2ccccc21)Cc1ccccc1. The molecular weight excluding hydrogens is 376 g/mol. The first-order chi connectivity index (χ1) is 14.7. The molecule has 0 unspecified atom stereocenters. The summed E-state index contributed by atoms with van der Waals surface area (Å²) in [6.07, 6.45) is 0.440. The molecule has 1 atom stereocenters. The predicted octanol–water partition coefficient (Wildman–Crippen LogP) is 4.76. The summed E-state index contributed by atoms with van der Waals surface area (Å²) in [6.45, 7) is 0.256. The van der Waals surface area contributed by atoms with Crippen LogP contribution in [0.15, 0.2) is 78.9 Å². The van der Waals surface area contributed by atoms with Gasteiger partial charge >= 0.3 is 11.9 Å². The van der Waals surface area contributed by atoms with Crippen molar-refractivity contribution in [1.29, 1.82) is 0 Å². The lowest BCUT2D eigenvalue weighted by atomic mass is 9.96. The zero-order chi connectivity index (χ0) is 20.9. The highest BCUT2D eigenvalue weighted by Crippen LogP contribution is 2.44. The van der Waals surface area contributed by atoms with Crippen molar-refractivity contribution in [3.8, 4) is 11.1 Å². The van der Waals surface area contributed by atoms with Gasteiger partial charge in [-0.25, -0.2) is 0 Å². The van der Waals surface area contributed by atoms with Crippen LogP contribution in [0.1, 0.15) is 29.0 Å². The maximum Gasteiger partial charge on any atom is 0.309 e. The van der Waals surface area contributed by atoms with Gasteiger partial charge in [0.25, 0.3) is 0 Å². The summed E-state index contributed by atoms with van der Waals surface area (Å²) >= 11 is 0. The van der Waals surface area contributed by atoms with Gasteiger partial charge in [0.2, 0.25) is 0 Å². The van der Waals surface area contributed by atoms with Crippen molar-refractivity contribution in [2.45, 2.75) is 18.8 Å². The highest BCUT2D eigenvalue weighted by atomic mass is 16.5. The Hall–Kier alpha value is -3.40. The molecule has 3 aromatic carbocycles.